The Hall–Kier alpha value is -1.81. The molecule has 1 aliphatic carbocycles. The topological polar surface area (TPSA) is 55.1 Å². The quantitative estimate of drug-likeness (QED) is 0.841. The summed E-state index contributed by atoms with van der Waals surface area (Å²) in [6.07, 6.45) is 1.85. The minimum Gasteiger partial charge on any atom is -0.399 e. The highest BCUT2D eigenvalue weighted by atomic mass is 32.1. The summed E-state index contributed by atoms with van der Waals surface area (Å²) in [5.74, 6) is 0.130. The highest BCUT2D eigenvalue weighted by Gasteiger charge is 2.50. The molecule has 4 heteroatoms. The minimum absolute atomic E-state index is 0.130. The van der Waals surface area contributed by atoms with E-state index < -0.39 is 0 Å². The van der Waals surface area contributed by atoms with E-state index in [0.29, 0.717) is 6.54 Å². The van der Waals surface area contributed by atoms with Gasteiger partial charge in [-0.2, -0.15) is 0 Å². The van der Waals surface area contributed by atoms with Gasteiger partial charge in [0.15, 0.2) is 0 Å². The first-order valence-electron chi connectivity index (χ1n) is 6.37. The lowest BCUT2D eigenvalue weighted by Gasteiger charge is -2.15. The van der Waals surface area contributed by atoms with Gasteiger partial charge >= 0.3 is 0 Å². The summed E-state index contributed by atoms with van der Waals surface area (Å²) in [5.41, 5.74) is 7.18. The molecule has 3 rings (SSSR count). The molecule has 0 aliphatic heterocycles. The molecule has 3 N–H and O–H groups in total. The number of nitrogens with one attached hydrogen (secondary N) is 1. The van der Waals surface area contributed by atoms with Crippen LogP contribution in [0.15, 0.2) is 41.8 Å². The highest BCUT2D eigenvalue weighted by Crippen LogP contribution is 2.48. The molecule has 1 aromatic carbocycles. The van der Waals surface area contributed by atoms with Gasteiger partial charge in [0.2, 0.25) is 5.91 Å². The first-order chi connectivity index (χ1) is 9.21. The molecule has 2 aromatic rings. The monoisotopic (exact) mass is 272 g/mol. The van der Waals surface area contributed by atoms with Crippen molar-refractivity contribution in [2.75, 3.05) is 5.73 Å². The molecule has 1 heterocycles. The second-order valence-corrected chi connectivity index (χ2v) is 6.00. The van der Waals surface area contributed by atoms with Gasteiger partial charge in [0, 0.05) is 10.6 Å². The molecule has 3 nitrogen and oxygen atoms in total. The van der Waals surface area contributed by atoms with Crippen molar-refractivity contribution in [1.82, 2.24) is 5.32 Å². The lowest BCUT2D eigenvalue weighted by Crippen LogP contribution is -2.34. The largest absolute Gasteiger partial charge is 0.399 e. The molecular formula is C15H16N2OS. The van der Waals surface area contributed by atoms with E-state index >= 15 is 0 Å². The Kier molecular flexibility index (Phi) is 3.03. The first kappa shape index (κ1) is 12.2. The number of hydrogen-bond donors (Lipinski definition) is 2. The summed E-state index contributed by atoms with van der Waals surface area (Å²) in [7, 11) is 0. The normalized spacial score (nSPS) is 16.0. The molecule has 1 fully saturated rings. The van der Waals surface area contributed by atoms with Crippen LogP contribution >= 0.6 is 11.3 Å². The molecule has 0 spiro atoms. The number of amides is 1. The summed E-state index contributed by atoms with van der Waals surface area (Å²) in [6, 6.07) is 11.7. The third-order valence-corrected chi connectivity index (χ3v) is 4.53. The fourth-order valence-electron chi connectivity index (χ4n) is 2.32. The van der Waals surface area contributed by atoms with Crippen molar-refractivity contribution >= 4 is 22.9 Å². The zero-order valence-corrected chi connectivity index (χ0v) is 11.4. The Labute approximate surface area is 116 Å². The first-order valence-corrected chi connectivity index (χ1v) is 7.25. The Morgan fingerprint density at radius 3 is 2.58 bits per heavy atom. The fraction of sp³-hybridized carbons (Fsp3) is 0.267. The second-order valence-electron chi connectivity index (χ2n) is 4.97. The van der Waals surface area contributed by atoms with Gasteiger partial charge in [0.25, 0.3) is 0 Å². The van der Waals surface area contributed by atoms with Crippen molar-refractivity contribution < 1.29 is 4.79 Å². The summed E-state index contributed by atoms with van der Waals surface area (Å²) in [5, 5.41) is 5.06. The van der Waals surface area contributed by atoms with Crippen LogP contribution in [-0.4, -0.2) is 5.91 Å². The molecule has 1 aromatic heterocycles. The van der Waals surface area contributed by atoms with Gasteiger partial charge in [-0.15, -0.1) is 11.3 Å². The maximum atomic E-state index is 12.4. The van der Waals surface area contributed by atoms with Gasteiger partial charge in [-0.25, -0.2) is 0 Å². The Morgan fingerprint density at radius 1 is 1.26 bits per heavy atom. The number of anilines is 1. The zero-order chi connectivity index (χ0) is 13.3. The zero-order valence-electron chi connectivity index (χ0n) is 10.6. The van der Waals surface area contributed by atoms with Gasteiger partial charge in [0.1, 0.15) is 0 Å². The summed E-state index contributed by atoms with van der Waals surface area (Å²) in [6.45, 7) is 0.618. The van der Waals surface area contributed by atoms with Gasteiger partial charge in [-0.05, 0) is 42.0 Å². The molecular weight excluding hydrogens is 256 g/mol. The van der Waals surface area contributed by atoms with E-state index in [1.165, 1.54) is 4.88 Å². The average molecular weight is 272 g/mol. The maximum Gasteiger partial charge on any atom is 0.230 e. The third kappa shape index (κ3) is 2.36. The lowest BCUT2D eigenvalue weighted by atomic mass is 9.95. The van der Waals surface area contributed by atoms with Crippen molar-refractivity contribution in [2.24, 2.45) is 0 Å². The van der Waals surface area contributed by atoms with E-state index in [9.17, 15) is 4.79 Å². The standard InChI is InChI=1S/C15H16N2OS/c16-12-5-3-11(4-6-12)15(7-8-15)14(18)17-10-13-2-1-9-19-13/h1-6,9H,7-8,10,16H2,(H,17,18). The molecule has 98 valence electrons. The van der Waals surface area contributed by atoms with Crippen LogP contribution in [0, 0.1) is 0 Å². The van der Waals surface area contributed by atoms with Gasteiger partial charge in [-0.1, -0.05) is 18.2 Å². The molecule has 1 saturated carbocycles. The predicted molar refractivity (Wildman–Crippen MR) is 77.9 cm³/mol. The molecule has 0 unspecified atom stereocenters. The fourth-order valence-corrected chi connectivity index (χ4v) is 2.97. The van der Waals surface area contributed by atoms with Crippen molar-refractivity contribution in [3.8, 4) is 0 Å². The van der Waals surface area contributed by atoms with Crippen molar-refractivity contribution in [1.29, 1.82) is 0 Å². The number of carbonyl (C=O) groups is 1. The number of carbonyl (C=O) groups excluding carboxylic acids is 1. The summed E-state index contributed by atoms with van der Waals surface area (Å²) >= 11 is 1.66. The average Bonchev–Trinajstić information content (AvgIpc) is 3.07. The van der Waals surface area contributed by atoms with E-state index in [-0.39, 0.29) is 11.3 Å². The summed E-state index contributed by atoms with van der Waals surface area (Å²) in [4.78, 5) is 13.6. The van der Waals surface area contributed by atoms with E-state index in [2.05, 4.69) is 5.32 Å². The van der Waals surface area contributed by atoms with Crippen molar-refractivity contribution in [2.45, 2.75) is 24.8 Å². The Morgan fingerprint density at radius 2 is 2.00 bits per heavy atom. The number of nitrogens with two attached hydrogens (primary N) is 1. The third-order valence-electron chi connectivity index (χ3n) is 3.65. The van der Waals surface area contributed by atoms with Gasteiger partial charge in [0.05, 0.1) is 12.0 Å². The number of thiophene rings is 1. The Balaban J connectivity index is 1.70. The molecule has 1 aliphatic rings. The lowest BCUT2D eigenvalue weighted by molar-refractivity contribution is -0.123. The summed E-state index contributed by atoms with van der Waals surface area (Å²) < 4.78 is 0. The molecule has 0 atom stereocenters. The SMILES string of the molecule is Nc1ccc(C2(C(=O)NCc3cccs3)CC2)cc1. The van der Waals surface area contributed by atoms with Crippen LogP contribution in [0.2, 0.25) is 0 Å². The number of benzene rings is 1. The van der Waals surface area contributed by atoms with Crippen LogP contribution < -0.4 is 11.1 Å². The predicted octanol–water partition coefficient (Wildman–Crippen LogP) is 2.68. The van der Waals surface area contributed by atoms with Gasteiger partial charge < -0.3 is 11.1 Å². The van der Waals surface area contributed by atoms with E-state index in [0.717, 1.165) is 24.1 Å². The number of nitrogen functional groups attached to an aromatic ring is 1. The Bertz CT molecular complexity index is 571. The molecule has 0 bridgehead atoms. The second kappa shape index (κ2) is 4.70. The van der Waals surface area contributed by atoms with Crippen LogP contribution in [0.5, 0.6) is 0 Å². The number of rotatable bonds is 4. The molecule has 0 saturated heterocycles. The smallest absolute Gasteiger partial charge is 0.230 e. The van der Waals surface area contributed by atoms with E-state index in [1.807, 2.05) is 41.8 Å². The van der Waals surface area contributed by atoms with E-state index in [4.69, 9.17) is 5.73 Å². The van der Waals surface area contributed by atoms with Crippen molar-refractivity contribution in [3.63, 3.8) is 0 Å². The van der Waals surface area contributed by atoms with Crippen LogP contribution in [0.4, 0.5) is 5.69 Å². The van der Waals surface area contributed by atoms with Gasteiger partial charge in [-0.3, -0.25) is 4.79 Å². The number of hydrogen-bond acceptors (Lipinski definition) is 3. The molecule has 19 heavy (non-hydrogen) atoms. The van der Waals surface area contributed by atoms with Crippen molar-refractivity contribution in [3.05, 3.63) is 52.2 Å². The molecule has 1 amide bonds. The van der Waals surface area contributed by atoms with Crippen LogP contribution in [0.3, 0.4) is 0 Å². The van der Waals surface area contributed by atoms with Crippen LogP contribution in [-0.2, 0) is 16.8 Å². The minimum atomic E-state index is -0.315. The van der Waals surface area contributed by atoms with E-state index in [1.54, 1.807) is 11.3 Å². The maximum absolute atomic E-state index is 12.4. The highest BCUT2D eigenvalue weighted by molar-refractivity contribution is 7.09. The van der Waals surface area contributed by atoms with Crippen LogP contribution in [0.1, 0.15) is 23.3 Å². The molecule has 0 radical (unpaired) electrons. The van der Waals surface area contributed by atoms with Crippen LogP contribution in [0.25, 0.3) is 0 Å².